The van der Waals surface area contributed by atoms with Crippen molar-refractivity contribution in [1.82, 2.24) is 14.1 Å². The second-order valence-corrected chi connectivity index (χ2v) is 14.0. The van der Waals surface area contributed by atoms with Gasteiger partial charge in [-0.3, -0.25) is 4.79 Å². The molecule has 0 saturated carbocycles. The number of carbonyl (C=O) groups is 1. The van der Waals surface area contributed by atoms with Crippen LogP contribution in [0.2, 0.25) is 5.02 Å². The molecular weight excluding hydrogens is 626 g/mol. The van der Waals surface area contributed by atoms with Crippen molar-refractivity contribution in [2.45, 2.75) is 47.3 Å². The van der Waals surface area contributed by atoms with Gasteiger partial charge < -0.3 is 9.80 Å². The van der Waals surface area contributed by atoms with E-state index < -0.39 is 79.8 Å². The van der Waals surface area contributed by atoms with Gasteiger partial charge >= 0.3 is 18.3 Å². The third-order valence-electron chi connectivity index (χ3n) is 6.47. The molecule has 1 aliphatic rings. The van der Waals surface area contributed by atoms with Gasteiger partial charge in [-0.05, 0) is 50.2 Å². The lowest BCUT2D eigenvalue weighted by Crippen LogP contribution is -2.62. The summed E-state index contributed by atoms with van der Waals surface area (Å²) in [6.45, 7) is -0.0467. The van der Waals surface area contributed by atoms with Crippen LogP contribution in [0.3, 0.4) is 0 Å². The maximum Gasteiger partial charge on any atom is 0.471 e. The molecule has 3 aromatic rings. The Morgan fingerprint density at radius 3 is 2.07 bits per heavy atom. The number of alkyl halides is 6. The van der Waals surface area contributed by atoms with Crippen LogP contribution < -0.4 is 4.90 Å². The molecule has 0 spiro atoms. The van der Waals surface area contributed by atoms with Crippen LogP contribution in [0.15, 0.2) is 52.3 Å². The molecule has 1 aromatic heterocycles. The van der Waals surface area contributed by atoms with Crippen molar-refractivity contribution in [3.05, 3.63) is 47.5 Å². The van der Waals surface area contributed by atoms with Crippen molar-refractivity contribution < 1.29 is 48.0 Å². The van der Waals surface area contributed by atoms with E-state index >= 15 is 0 Å². The molecule has 4 rings (SSSR count). The Bertz CT molecular complexity index is 1700. The molecule has 1 aliphatic heterocycles. The fourth-order valence-corrected chi connectivity index (χ4v) is 6.91. The van der Waals surface area contributed by atoms with Gasteiger partial charge in [0.2, 0.25) is 0 Å². The number of halogens is 7. The number of amides is 1. The molecule has 2 aromatic carbocycles. The highest BCUT2D eigenvalue weighted by Gasteiger charge is 2.52. The monoisotopic (exact) mass is 646 g/mol. The van der Waals surface area contributed by atoms with Gasteiger partial charge in [-0.1, -0.05) is 17.7 Å². The summed E-state index contributed by atoms with van der Waals surface area (Å²) in [6.07, 6.45) is -10.5. The molecular formula is C23H21ClF6N4O5S2. The average Bonchev–Trinajstić information content (AvgIpc) is 3.28. The fraction of sp³-hybridized carbons (Fsp3) is 0.391. The minimum atomic E-state index is -5.39. The van der Waals surface area contributed by atoms with Crippen molar-refractivity contribution in [1.29, 1.82) is 0 Å². The van der Waals surface area contributed by atoms with Crippen molar-refractivity contribution >= 4 is 54.1 Å². The van der Waals surface area contributed by atoms with Crippen LogP contribution in [0.5, 0.6) is 0 Å². The van der Waals surface area contributed by atoms with Crippen LogP contribution in [-0.2, 0) is 24.7 Å². The minimum absolute atomic E-state index is 0.0267. The van der Waals surface area contributed by atoms with Gasteiger partial charge in [-0.2, -0.15) is 38.8 Å². The quantitative estimate of drug-likeness (QED) is 0.381. The first kappa shape index (κ1) is 30.9. The fourth-order valence-electron chi connectivity index (χ4n) is 4.32. The summed E-state index contributed by atoms with van der Waals surface area (Å²) in [7, 11) is -8.39. The molecule has 9 nitrogen and oxygen atoms in total. The van der Waals surface area contributed by atoms with Gasteiger partial charge in [-0.25, -0.2) is 8.42 Å². The van der Waals surface area contributed by atoms with Gasteiger partial charge in [0.05, 0.1) is 37.5 Å². The lowest BCUT2D eigenvalue weighted by molar-refractivity contribution is -0.192. The number of anilines is 1. The van der Waals surface area contributed by atoms with Gasteiger partial charge in [0.15, 0.2) is 15.7 Å². The number of fused-ring (bicyclic) bond motifs is 1. The van der Waals surface area contributed by atoms with Gasteiger partial charge in [0.1, 0.15) is 6.04 Å². The molecule has 2 heterocycles. The number of aromatic nitrogens is 2. The van der Waals surface area contributed by atoms with Gasteiger partial charge in [0, 0.05) is 13.1 Å². The molecule has 0 bridgehead atoms. The van der Waals surface area contributed by atoms with E-state index in [1.165, 1.54) is 32.0 Å². The summed E-state index contributed by atoms with van der Waals surface area (Å²) < 4.78 is 134. The Morgan fingerprint density at radius 1 is 0.951 bits per heavy atom. The molecule has 0 aliphatic carbocycles. The molecule has 1 fully saturated rings. The Hall–Kier alpha value is -3.05. The second kappa shape index (κ2) is 10.3. The first-order valence-electron chi connectivity index (χ1n) is 11.7. The zero-order valence-electron chi connectivity index (χ0n) is 21.1. The van der Waals surface area contributed by atoms with E-state index in [1.54, 1.807) is 0 Å². The van der Waals surface area contributed by atoms with Crippen LogP contribution in [-0.4, -0.2) is 80.1 Å². The summed E-state index contributed by atoms with van der Waals surface area (Å²) in [4.78, 5) is 11.7. The van der Waals surface area contributed by atoms with E-state index in [2.05, 4.69) is 5.10 Å². The second-order valence-electron chi connectivity index (χ2n) is 9.37. The third-order valence-corrected chi connectivity index (χ3v) is 10.6. The molecule has 0 N–H and O–H groups in total. The topological polar surface area (TPSA) is 110 Å². The highest BCUT2D eigenvalue weighted by Crippen LogP contribution is 2.39. The van der Waals surface area contributed by atoms with E-state index in [0.717, 1.165) is 24.3 Å². The zero-order chi connectivity index (χ0) is 30.7. The van der Waals surface area contributed by atoms with Crippen LogP contribution in [0.25, 0.3) is 10.9 Å². The summed E-state index contributed by atoms with van der Waals surface area (Å²) in [5.74, 6) is -3.01. The Morgan fingerprint density at radius 2 is 1.54 bits per heavy atom. The van der Waals surface area contributed by atoms with E-state index in [9.17, 15) is 48.0 Å². The minimum Gasteiger partial charge on any atom is -0.339 e. The summed E-state index contributed by atoms with van der Waals surface area (Å²) in [6, 6.07) is 5.28. The highest BCUT2D eigenvalue weighted by atomic mass is 35.5. The number of carbonyl (C=O) groups excluding carboxylic acids is 1. The van der Waals surface area contributed by atoms with E-state index in [4.69, 9.17) is 11.6 Å². The van der Waals surface area contributed by atoms with Gasteiger partial charge in [0.25, 0.3) is 10.0 Å². The largest absolute Gasteiger partial charge is 0.471 e. The Labute approximate surface area is 235 Å². The third kappa shape index (κ3) is 5.58. The SMILES string of the molecule is CC(C)S(=O)(=O)c1ccc(S(=O)(=O)n2nc(N3CCN(C(=O)C(F)(F)F)C[C@@H]3C(F)(F)F)c3c(Cl)cccc32)cc1. The number of hydrogen-bond donors (Lipinski definition) is 0. The van der Waals surface area contributed by atoms with Gasteiger partial charge in [-0.15, -0.1) is 5.10 Å². The summed E-state index contributed by atoms with van der Waals surface area (Å²) >= 11 is 6.26. The predicted octanol–water partition coefficient (Wildman–Crippen LogP) is 4.25. The predicted molar refractivity (Wildman–Crippen MR) is 136 cm³/mol. The Balaban J connectivity index is 1.83. The number of piperazine rings is 1. The maximum absolute atomic E-state index is 14.1. The van der Waals surface area contributed by atoms with Crippen LogP contribution in [0.4, 0.5) is 32.2 Å². The number of nitrogens with zero attached hydrogens (tertiary/aromatic N) is 4. The molecule has 0 unspecified atom stereocenters. The molecule has 1 atom stereocenters. The number of benzene rings is 2. The molecule has 0 radical (unpaired) electrons. The zero-order valence-corrected chi connectivity index (χ0v) is 23.5. The lowest BCUT2D eigenvalue weighted by atomic mass is 10.1. The summed E-state index contributed by atoms with van der Waals surface area (Å²) in [5, 5.41) is 2.73. The number of hydrogen-bond acceptors (Lipinski definition) is 7. The van der Waals surface area contributed by atoms with Crippen LogP contribution >= 0.6 is 11.6 Å². The van der Waals surface area contributed by atoms with E-state index in [0.29, 0.717) is 8.99 Å². The van der Waals surface area contributed by atoms with Crippen molar-refractivity contribution in [2.24, 2.45) is 0 Å². The van der Waals surface area contributed by atoms with E-state index in [1.807, 2.05) is 0 Å². The standard InChI is InChI=1S/C23H21ClF6N4O5S2/c1-13(2)40(36,37)14-6-8-15(9-7-14)41(38,39)34-17-5-3-4-16(24)19(17)20(31-34)33-11-10-32(21(35)23(28,29)30)12-18(33)22(25,26)27/h3-9,13,18H,10-12H2,1-2H3/t18-/m1/s1. The summed E-state index contributed by atoms with van der Waals surface area (Å²) in [5.41, 5.74) is -0.235. The molecule has 224 valence electrons. The molecule has 1 amide bonds. The smallest absolute Gasteiger partial charge is 0.339 e. The number of rotatable bonds is 5. The van der Waals surface area contributed by atoms with Crippen LogP contribution in [0, 0.1) is 0 Å². The normalized spacial score (nSPS) is 17.5. The molecule has 18 heteroatoms. The van der Waals surface area contributed by atoms with Crippen molar-refractivity contribution in [3.63, 3.8) is 0 Å². The first-order valence-corrected chi connectivity index (χ1v) is 15.1. The maximum atomic E-state index is 14.1. The molecule has 1 saturated heterocycles. The Kier molecular flexibility index (Phi) is 7.79. The molecule has 41 heavy (non-hydrogen) atoms. The highest BCUT2D eigenvalue weighted by molar-refractivity contribution is 7.92. The lowest BCUT2D eigenvalue weighted by Gasteiger charge is -2.42. The van der Waals surface area contributed by atoms with Crippen LogP contribution in [0.1, 0.15) is 13.8 Å². The van der Waals surface area contributed by atoms with E-state index in [-0.39, 0.29) is 25.7 Å². The van der Waals surface area contributed by atoms with Crippen molar-refractivity contribution in [2.75, 3.05) is 24.5 Å². The average molecular weight is 647 g/mol. The van der Waals surface area contributed by atoms with Crippen molar-refractivity contribution in [3.8, 4) is 0 Å². The first-order chi connectivity index (χ1) is 18.8. The number of sulfone groups is 1.